The van der Waals surface area contributed by atoms with Crippen molar-refractivity contribution >= 4 is 28.3 Å². The molecule has 6 nitrogen and oxygen atoms in total. The minimum atomic E-state index is 0.527. The van der Waals surface area contributed by atoms with Crippen LogP contribution >= 0.6 is 11.6 Å². The Hall–Kier alpha value is -2.99. The van der Waals surface area contributed by atoms with E-state index in [-0.39, 0.29) is 0 Å². The average molecular weight is 405 g/mol. The van der Waals surface area contributed by atoms with Crippen molar-refractivity contribution < 1.29 is 0 Å². The van der Waals surface area contributed by atoms with Crippen LogP contribution in [-0.2, 0) is 7.05 Å². The number of hydrogen-bond acceptors (Lipinski definition) is 5. The van der Waals surface area contributed by atoms with Gasteiger partial charge in [-0.1, -0.05) is 11.6 Å². The maximum Gasteiger partial charge on any atom is 0.159 e. The number of fused-ring (bicyclic) bond motifs is 1. The van der Waals surface area contributed by atoms with E-state index < -0.39 is 0 Å². The molecule has 0 N–H and O–H groups in total. The number of hydrogen-bond donors (Lipinski definition) is 0. The minimum Gasteiger partial charge on any atom is -0.357 e. The molecule has 1 aliphatic rings. The topological polar surface area (TPSA) is 59.7 Å². The van der Waals surface area contributed by atoms with Crippen LogP contribution in [0.2, 0.25) is 5.02 Å². The van der Waals surface area contributed by atoms with Gasteiger partial charge in [0.1, 0.15) is 11.5 Å². The van der Waals surface area contributed by atoms with Gasteiger partial charge in [-0.05, 0) is 49.6 Å². The van der Waals surface area contributed by atoms with Gasteiger partial charge in [0, 0.05) is 55.2 Å². The van der Waals surface area contributed by atoms with E-state index in [1.54, 1.807) is 12.4 Å². The Morgan fingerprint density at radius 1 is 0.897 bits per heavy atom. The molecule has 4 heterocycles. The second-order valence-corrected chi connectivity index (χ2v) is 7.82. The summed E-state index contributed by atoms with van der Waals surface area (Å²) in [6.45, 7) is 2.13. The molecule has 29 heavy (non-hydrogen) atoms. The zero-order valence-electron chi connectivity index (χ0n) is 16.2. The van der Waals surface area contributed by atoms with Crippen LogP contribution in [-0.4, -0.2) is 37.8 Å². The number of nitrogens with zero attached hydrogens (tertiary/aromatic N) is 6. The lowest BCUT2D eigenvalue weighted by molar-refractivity contribution is 0.573. The third kappa shape index (κ3) is 3.44. The second kappa shape index (κ2) is 7.44. The van der Waals surface area contributed by atoms with Crippen LogP contribution in [0.5, 0.6) is 0 Å². The molecule has 1 aromatic carbocycles. The van der Waals surface area contributed by atoms with Crippen LogP contribution in [0.1, 0.15) is 19.3 Å². The van der Waals surface area contributed by atoms with Crippen LogP contribution in [0.15, 0.2) is 48.9 Å². The lowest BCUT2D eigenvalue weighted by Crippen LogP contribution is -2.30. The number of piperidine rings is 1. The maximum atomic E-state index is 5.93. The molecule has 0 amide bonds. The Labute approximate surface area is 174 Å². The molecule has 0 unspecified atom stereocenters. The highest BCUT2D eigenvalue weighted by Crippen LogP contribution is 2.32. The second-order valence-electron chi connectivity index (χ2n) is 7.38. The smallest absolute Gasteiger partial charge is 0.159 e. The van der Waals surface area contributed by atoms with Crippen molar-refractivity contribution in [1.29, 1.82) is 0 Å². The van der Waals surface area contributed by atoms with Crippen molar-refractivity contribution in [1.82, 2.24) is 24.7 Å². The van der Waals surface area contributed by atoms with E-state index in [0.717, 1.165) is 46.6 Å². The molecule has 7 heteroatoms. The zero-order valence-corrected chi connectivity index (χ0v) is 17.0. The summed E-state index contributed by atoms with van der Waals surface area (Å²) in [5.74, 6) is 1.67. The van der Waals surface area contributed by atoms with Crippen molar-refractivity contribution in [2.24, 2.45) is 7.05 Å². The van der Waals surface area contributed by atoms with Crippen molar-refractivity contribution in [2.45, 2.75) is 19.3 Å². The molecule has 0 aliphatic carbocycles. The summed E-state index contributed by atoms with van der Waals surface area (Å²) in [6.07, 6.45) is 8.87. The summed E-state index contributed by atoms with van der Waals surface area (Å²) in [4.78, 5) is 15.7. The Bertz CT molecular complexity index is 1160. The first-order valence-corrected chi connectivity index (χ1v) is 10.2. The number of aromatic nitrogens is 5. The number of benzene rings is 1. The Morgan fingerprint density at radius 3 is 2.48 bits per heavy atom. The molecule has 1 aliphatic heterocycles. The van der Waals surface area contributed by atoms with E-state index in [1.807, 2.05) is 30.1 Å². The monoisotopic (exact) mass is 404 g/mol. The summed E-state index contributed by atoms with van der Waals surface area (Å²) in [6, 6.07) is 10.4. The van der Waals surface area contributed by atoms with E-state index in [0.29, 0.717) is 10.8 Å². The summed E-state index contributed by atoms with van der Waals surface area (Å²) in [5.41, 5.74) is 4.02. The van der Waals surface area contributed by atoms with Crippen molar-refractivity contribution in [3.63, 3.8) is 0 Å². The fraction of sp³-hybridized carbons (Fsp3) is 0.273. The summed E-state index contributed by atoms with van der Waals surface area (Å²) >= 11 is 5.93. The molecular formula is C22H21ClN6. The maximum absolute atomic E-state index is 5.93. The largest absolute Gasteiger partial charge is 0.357 e. The number of halogens is 1. The third-order valence-electron chi connectivity index (χ3n) is 5.43. The fourth-order valence-corrected chi connectivity index (χ4v) is 4.04. The molecule has 4 aromatic rings. The highest BCUT2D eigenvalue weighted by molar-refractivity contribution is 6.30. The molecular weight excluding hydrogens is 384 g/mol. The third-order valence-corrected chi connectivity index (χ3v) is 5.62. The molecule has 3 aromatic heterocycles. The molecule has 0 atom stereocenters. The van der Waals surface area contributed by atoms with Gasteiger partial charge in [0.25, 0.3) is 0 Å². The van der Waals surface area contributed by atoms with Crippen LogP contribution in [0.3, 0.4) is 0 Å². The molecule has 0 radical (unpaired) electrons. The number of pyridine rings is 1. The quantitative estimate of drug-likeness (QED) is 0.493. The molecule has 0 saturated carbocycles. The standard InChI is InChI=1S/C22H21ClN6/c1-28-19-6-5-16(22-25-13-17(23)14-26-22)11-18(19)21(27-28)15-7-8-24-20(12-15)29-9-3-2-4-10-29/h5-8,11-14H,2-4,9-10H2,1H3. The lowest BCUT2D eigenvalue weighted by atomic mass is 10.1. The Balaban J connectivity index is 1.59. The lowest BCUT2D eigenvalue weighted by Gasteiger charge is -2.27. The molecule has 0 spiro atoms. The van der Waals surface area contributed by atoms with E-state index >= 15 is 0 Å². The fourth-order valence-electron chi connectivity index (χ4n) is 3.94. The van der Waals surface area contributed by atoms with Gasteiger partial charge in [-0.3, -0.25) is 4.68 Å². The van der Waals surface area contributed by atoms with Crippen LogP contribution < -0.4 is 4.90 Å². The number of aryl methyl sites for hydroxylation is 1. The van der Waals surface area contributed by atoms with Gasteiger partial charge in [-0.2, -0.15) is 5.10 Å². The summed E-state index contributed by atoms with van der Waals surface area (Å²) in [7, 11) is 1.97. The molecule has 146 valence electrons. The van der Waals surface area contributed by atoms with Crippen LogP contribution in [0, 0.1) is 0 Å². The normalized spacial score (nSPS) is 14.5. The number of anilines is 1. The van der Waals surface area contributed by atoms with Gasteiger partial charge in [0.2, 0.25) is 0 Å². The SMILES string of the molecule is Cn1nc(-c2ccnc(N3CCCCC3)c2)c2cc(-c3ncc(Cl)cn3)ccc21. The van der Waals surface area contributed by atoms with Gasteiger partial charge >= 0.3 is 0 Å². The summed E-state index contributed by atoms with van der Waals surface area (Å²) < 4.78 is 1.91. The van der Waals surface area contributed by atoms with Crippen molar-refractivity contribution in [3.8, 4) is 22.6 Å². The molecule has 1 fully saturated rings. The highest BCUT2D eigenvalue weighted by Gasteiger charge is 2.16. The first-order chi connectivity index (χ1) is 14.2. The number of rotatable bonds is 3. The van der Waals surface area contributed by atoms with E-state index in [2.05, 4.69) is 38.1 Å². The molecule has 0 bridgehead atoms. The average Bonchev–Trinajstić information content (AvgIpc) is 3.11. The zero-order chi connectivity index (χ0) is 19.8. The van der Waals surface area contributed by atoms with E-state index in [4.69, 9.17) is 16.7 Å². The Morgan fingerprint density at radius 2 is 1.69 bits per heavy atom. The summed E-state index contributed by atoms with van der Waals surface area (Å²) in [5, 5.41) is 6.40. The first-order valence-electron chi connectivity index (χ1n) is 9.85. The van der Waals surface area contributed by atoms with Crippen LogP contribution in [0.4, 0.5) is 5.82 Å². The predicted octanol–water partition coefficient (Wildman–Crippen LogP) is 4.74. The van der Waals surface area contributed by atoms with Gasteiger partial charge in [0.15, 0.2) is 5.82 Å². The van der Waals surface area contributed by atoms with Gasteiger partial charge in [-0.25, -0.2) is 15.0 Å². The van der Waals surface area contributed by atoms with Gasteiger partial charge in [-0.15, -0.1) is 0 Å². The molecule has 5 rings (SSSR count). The Kier molecular flexibility index (Phi) is 4.64. The minimum absolute atomic E-state index is 0.527. The predicted molar refractivity (Wildman–Crippen MR) is 116 cm³/mol. The van der Waals surface area contributed by atoms with Gasteiger partial charge in [0.05, 0.1) is 10.5 Å². The highest BCUT2D eigenvalue weighted by atomic mass is 35.5. The molecule has 1 saturated heterocycles. The van der Waals surface area contributed by atoms with Crippen molar-refractivity contribution in [3.05, 3.63) is 53.9 Å². The van der Waals surface area contributed by atoms with Crippen molar-refractivity contribution in [2.75, 3.05) is 18.0 Å². The first kappa shape index (κ1) is 18.1. The van der Waals surface area contributed by atoms with Crippen LogP contribution in [0.25, 0.3) is 33.5 Å². The van der Waals surface area contributed by atoms with E-state index in [9.17, 15) is 0 Å². The van der Waals surface area contributed by atoms with Gasteiger partial charge < -0.3 is 4.90 Å². The van der Waals surface area contributed by atoms with E-state index in [1.165, 1.54) is 19.3 Å².